The van der Waals surface area contributed by atoms with E-state index in [0.29, 0.717) is 19.3 Å². The Morgan fingerprint density at radius 3 is 0.776 bits per heavy atom. The highest BCUT2D eigenvalue weighted by Gasteiger charge is 2.19. The van der Waals surface area contributed by atoms with Crippen LogP contribution in [0.1, 0.15) is 337 Å². The van der Waals surface area contributed by atoms with Crippen molar-refractivity contribution in [2.24, 2.45) is 17.8 Å². The zero-order valence-corrected chi connectivity index (χ0v) is 46.2. The van der Waals surface area contributed by atoms with Gasteiger partial charge < -0.3 is 14.2 Å². The van der Waals surface area contributed by atoms with Gasteiger partial charge in [0, 0.05) is 19.3 Å². The van der Waals surface area contributed by atoms with E-state index >= 15 is 0 Å². The summed E-state index contributed by atoms with van der Waals surface area (Å²) in [7, 11) is 0. The predicted octanol–water partition coefficient (Wildman–Crippen LogP) is 19.9. The molecule has 0 radical (unpaired) electrons. The van der Waals surface area contributed by atoms with Gasteiger partial charge >= 0.3 is 17.9 Å². The maximum atomic E-state index is 12.9. The maximum Gasteiger partial charge on any atom is 0.306 e. The lowest BCUT2D eigenvalue weighted by molar-refractivity contribution is -0.167. The number of carbonyl (C=O) groups is 3. The fourth-order valence-electron chi connectivity index (χ4n) is 9.32. The third-order valence-electron chi connectivity index (χ3n) is 14.3. The van der Waals surface area contributed by atoms with Crippen LogP contribution in [0.5, 0.6) is 0 Å². The number of unbranched alkanes of at least 4 members (excludes halogenated alkanes) is 36. The highest BCUT2D eigenvalue weighted by atomic mass is 16.6. The molecule has 67 heavy (non-hydrogen) atoms. The van der Waals surface area contributed by atoms with E-state index in [2.05, 4.69) is 41.5 Å². The lowest BCUT2D eigenvalue weighted by atomic mass is 9.99. The zero-order chi connectivity index (χ0) is 49.1. The predicted molar refractivity (Wildman–Crippen MR) is 289 cm³/mol. The minimum absolute atomic E-state index is 0.0636. The van der Waals surface area contributed by atoms with E-state index < -0.39 is 6.10 Å². The molecule has 0 bridgehead atoms. The van der Waals surface area contributed by atoms with Gasteiger partial charge in [0.25, 0.3) is 0 Å². The van der Waals surface area contributed by atoms with Crippen LogP contribution in [-0.4, -0.2) is 37.2 Å². The topological polar surface area (TPSA) is 78.9 Å². The summed E-state index contributed by atoms with van der Waals surface area (Å²) >= 11 is 0. The lowest BCUT2D eigenvalue weighted by Gasteiger charge is -2.18. The Hall–Kier alpha value is -1.59. The molecule has 0 aliphatic heterocycles. The molecule has 0 spiro atoms. The van der Waals surface area contributed by atoms with Crippen molar-refractivity contribution in [3.63, 3.8) is 0 Å². The molecular formula is C61H118O6. The molecule has 0 amide bonds. The number of rotatable bonds is 54. The smallest absolute Gasteiger partial charge is 0.306 e. The van der Waals surface area contributed by atoms with Gasteiger partial charge in [0.1, 0.15) is 13.2 Å². The maximum absolute atomic E-state index is 12.9. The molecule has 0 aromatic heterocycles. The van der Waals surface area contributed by atoms with Gasteiger partial charge in [-0.2, -0.15) is 0 Å². The van der Waals surface area contributed by atoms with Crippen molar-refractivity contribution in [3.05, 3.63) is 0 Å². The molecule has 6 heteroatoms. The van der Waals surface area contributed by atoms with Gasteiger partial charge in [0.15, 0.2) is 6.10 Å². The van der Waals surface area contributed by atoms with Crippen molar-refractivity contribution in [2.75, 3.05) is 13.2 Å². The first-order valence-corrected chi connectivity index (χ1v) is 30.1. The molecule has 0 rings (SSSR count). The van der Waals surface area contributed by atoms with Gasteiger partial charge in [-0.15, -0.1) is 0 Å². The fraction of sp³-hybridized carbons (Fsp3) is 0.951. The van der Waals surface area contributed by atoms with Crippen LogP contribution >= 0.6 is 0 Å². The Morgan fingerprint density at radius 1 is 0.299 bits per heavy atom. The first-order valence-electron chi connectivity index (χ1n) is 30.1. The average Bonchev–Trinajstić information content (AvgIpc) is 3.30. The highest BCUT2D eigenvalue weighted by Crippen LogP contribution is 2.19. The molecule has 0 N–H and O–H groups in total. The van der Waals surface area contributed by atoms with Crippen LogP contribution in [0.2, 0.25) is 0 Å². The highest BCUT2D eigenvalue weighted by molar-refractivity contribution is 5.71. The van der Waals surface area contributed by atoms with Crippen LogP contribution in [0.4, 0.5) is 0 Å². The Morgan fingerprint density at radius 2 is 0.522 bits per heavy atom. The summed E-state index contributed by atoms with van der Waals surface area (Å²) in [5.41, 5.74) is 0. The number of esters is 3. The summed E-state index contributed by atoms with van der Waals surface area (Å²) in [5.74, 6) is 1.71. The van der Waals surface area contributed by atoms with Gasteiger partial charge in [-0.25, -0.2) is 0 Å². The molecule has 0 fully saturated rings. The molecule has 0 aliphatic rings. The van der Waals surface area contributed by atoms with Crippen molar-refractivity contribution in [1.29, 1.82) is 0 Å². The second kappa shape index (κ2) is 52.2. The van der Waals surface area contributed by atoms with Crippen LogP contribution in [0, 0.1) is 17.8 Å². The molecule has 0 saturated carbocycles. The van der Waals surface area contributed by atoms with E-state index in [1.54, 1.807) is 0 Å². The van der Waals surface area contributed by atoms with Crippen LogP contribution in [0.15, 0.2) is 0 Å². The number of hydrogen-bond acceptors (Lipinski definition) is 6. The van der Waals surface area contributed by atoms with Gasteiger partial charge in [-0.1, -0.05) is 298 Å². The molecule has 2 atom stereocenters. The van der Waals surface area contributed by atoms with Gasteiger partial charge in [-0.05, 0) is 37.0 Å². The zero-order valence-electron chi connectivity index (χ0n) is 46.2. The molecule has 1 unspecified atom stereocenters. The van der Waals surface area contributed by atoms with Crippen molar-refractivity contribution in [1.82, 2.24) is 0 Å². The van der Waals surface area contributed by atoms with Crippen molar-refractivity contribution in [2.45, 2.75) is 343 Å². The number of carbonyl (C=O) groups excluding carboxylic acids is 3. The Bertz CT molecular complexity index is 1040. The van der Waals surface area contributed by atoms with E-state index in [0.717, 1.165) is 75.5 Å². The summed E-state index contributed by atoms with van der Waals surface area (Å²) in [6, 6.07) is 0. The summed E-state index contributed by atoms with van der Waals surface area (Å²) < 4.78 is 16.9. The van der Waals surface area contributed by atoms with Crippen molar-refractivity contribution in [3.8, 4) is 0 Å². The van der Waals surface area contributed by atoms with Crippen molar-refractivity contribution < 1.29 is 28.6 Å². The first kappa shape index (κ1) is 65.4. The third-order valence-corrected chi connectivity index (χ3v) is 14.3. The minimum atomic E-state index is -0.764. The van der Waals surface area contributed by atoms with Gasteiger partial charge in [0.05, 0.1) is 0 Å². The monoisotopic (exact) mass is 947 g/mol. The summed E-state index contributed by atoms with van der Waals surface area (Å²) in [6.07, 6.45) is 55.2. The average molecular weight is 948 g/mol. The Kier molecular flexibility index (Phi) is 51.0. The number of hydrogen-bond donors (Lipinski definition) is 0. The summed E-state index contributed by atoms with van der Waals surface area (Å²) in [5, 5.41) is 0. The van der Waals surface area contributed by atoms with Gasteiger partial charge in [0.2, 0.25) is 0 Å². The largest absolute Gasteiger partial charge is 0.462 e. The molecular weight excluding hydrogens is 829 g/mol. The van der Waals surface area contributed by atoms with Crippen LogP contribution < -0.4 is 0 Å². The Labute approximate surface area is 418 Å². The Balaban J connectivity index is 4.25. The second-order valence-electron chi connectivity index (χ2n) is 22.2. The molecule has 0 aliphatic carbocycles. The van der Waals surface area contributed by atoms with E-state index in [9.17, 15) is 14.4 Å². The summed E-state index contributed by atoms with van der Waals surface area (Å²) in [6.45, 7) is 13.8. The van der Waals surface area contributed by atoms with Crippen LogP contribution in [0.25, 0.3) is 0 Å². The molecule has 0 heterocycles. The van der Waals surface area contributed by atoms with Crippen molar-refractivity contribution >= 4 is 17.9 Å². The van der Waals surface area contributed by atoms with E-state index in [1.807, 2.05) is 0 Å². The van der Waals surface area contributed by atoms with Gasteiger partial charge in [-0.3, -0.25) is 14.4 Å². The SMILES string of the molecule is CCC(C)CCCCCCCCCCCCCCCCCCCCC(=O)O[C@@H](COC(=O)CCCCCCCCCCCCCC(C)C)COC(=O)CCCCCCCCCCCCC(C)C. The molecule has 398 valence electrons. The van der Waals surface area contributed by atoms with Crippen LogP contribution in [0.3, 0.4) is 0 Å². The van der Waals surface area contributed by atoms with E-state index in [4.69, 9.17) is 14.2 Å². The second-order valence-corrected chi connectivity index (χ2v) is 22.2. The molecule has 0 saturated heterocycles. The molecule has 0 aromatic rings. The molecule has 6 nitrogen and oxygen atoms in total. The summed E-state index contributed by atoms with van der Waals surface area (Å²) in [4.78, 5) is 38.2. The van der Waals surface area contributed by atoms with E-state index in [-0.39, 0.29) is 31.1 Å². The van der Waals surface area contributed by atoms with E-state index in [1.165, 1.54) is 218 Å². The standard InChI is InChI=1S/C61H118O6/c1-7-57(6)49-43-37-31-25-18-14-12-10-8-9-11-13-15-19-28-34-40-46-52-61(64)67-58(54-66-60(63)51-45-39-33-27-22-21-24-30-36-42-48-56(4)5)53-65-59(62)50-44-38-32-26-20-16-17-23-29-35-41-47-55(2)3/h55-58H,7-54H2,1-6H3/t57?,58-/m0/s1. The van der Waals surface area contributed by atoms with Crippen LogP contribution in [-0.2, 0) is 28.6 Å². The third kappa shape index (κ3) is 53.6. The lowest BCUT2D eigenvalue weighted by Crippen LogP contribution is -2.30. The minimum Gasteiger partial charge on any atom is -0.462 e. The number of ether oxygens (including phenoxy) is 3. The first-order chi connectivity index (χ1) is 32.6. The normalized spacial score (nSPS) is 12.5. The molecule has 0 aromatic carbocycles. The quantitative estimate of drug-likeness (QED) is 0.0343. The fourth-order valence-corrected chi connectivity index (χ4v) is 9.32.